The fourth-order valence-electron chi connectivity index (χ4n) is 4.21. The van der Waals surface area contributed by atoms with Gasteiger partial charge in [-0.15, -0.1) is 0 Å². The van der Waals surface area contributed by atoms with Crippen LogP contribution in [0.2, 0.25) is 0 Å². The van der Waals surface area contributed by atoms with Crippen molar-refractivity contribution in [3.05, 3.63) is 72.3 Å². The van der Waals surface area contributed by atoms with Crippen LogP contribution in [0.3, 0.4) is 0 Å². The summed E-state index contributed by atoms with van der Waals surface area (Å²) in [6.07, 6.45) is 1.03. The lowest BCUT2D eigenvalue weighted by atomic mass is 10.1. The van der Waals surface area contributed by atoms with Crippen molar-refractivity contribution in [2.24, 2.45) is 5.92 Å². The third-order valence-corrected chi connectivity index (χ3v) is 5.85. The van der Waals surface area contributed by atoms with E-state index in [0.29, 0.717) is 31.7 Å². The quantitative estimate of drug-likeness (QED) is 0.525. The number of aromatic carboxylic acids is 1. The second kappa shape index (κ2) is 9.94. The minimum Gasteiger partial charge on any atom is -0.491 e. The van der Waals surface area contributed by atoms with Gasteiger partial charge in [0.25, 0.3) is 0 Å². The first kappa shape index (κ1) is 22.6. The summed E-state index contributed by atoms with van der Waals surface area (Å²) in [5.41, 5.74) is 0.209. The molecule has 3 aromatic carbocycles. The number of carboxylic acids is 1. The monoisotopic (exact) mass is 447 g/mol. The molecule has 6 nitrogen and oxygen atoms in total. The molecule has 0 radical (unpaired) electrons. The largest absolute Gasteiger partial charge is 0.491 e. The molecule has 1 N–H and O–H groups in total. The zero-order valence-electron chi connectivity index (χ0n) is 18.9. The predicted molar refractivity (Wildman–Crippen MR) is 127 cm³/mol. The standard InChI is InChI=1S/C27H29NO5/c1-18(2)13-26(29)28-16-25(33-24-12-7-19-5-3-4-6-21(19)14-24)15-22(28)17-32-23-10-8-20(9-11-23)27(30)31/h3-12,14,18,22,25H,13,15-17H2,1-2H3,(H,30,31)/t22-,25-/m0/s1. The molecule has 6 heteroatoms. The molecular formula is C27H29NO5. The average Bonchev–Trinajstić information content (AvgIpc) is 3.20. The maximum atomic E-state index is 12.9. The van der Waals surface area contributed by atoms with E-state index in [4.69, 9.17) is 14.6 Å². The van der Waals surface area contributed by atoms with Gasteiger partial charge in [0.2, 0.25) is 5.91 Å². The highest BCUT2D eigenvalue weighted by molar-refractivity contribution is 5.87. The molecule has 33 heavy (non-hydrogen) atoms. The van der Waals surface area contributed by atoms with E-state index in [-0.39, 0.29) is 29.5 Å². The maximum Gasteiger partial charge on any atom is 0.335 e. The maximum absolute atomic E-state index is 12.9. The SMILES string of the molecule is CC(C)CC(=O)N1C[C@@H](Oc2ccc3ccccc3c2)C[C@H]1COc1ccc(C(=O)O)cc1. The van der Waals surface area contributed by atoms with Crippen LogP contribution in [0.25, 0.3) is 10.8 Å². The van der Waals surface area contributed by atoms with E-state index >= 15 is 0 Å². The zero-order valence-corrected chi connectivity index (χ0v) is 18.9. The Bertz CT molecular complexity index is 1120. The van der Waals surface area contributed by atoms with E-state index in [1.54, 1.807) is 12.1 Å². The minimum absolute atomic E-state index is 0.101. The summed E-state index contributed by atoms with van der Waals surface area (Å²) in [6, 6.07) is 20.4. The van der Waals surface area contributed by atoms with Gasteiger partial charge in [0.15, 0.2) is 0 Å². The summed E-state index contributed by atoms with van der Waals surface area (Å²) < 4.78 is 12.2. The van der Waals surface area contributed by atoms with Gasteiger partial charge in [-0.3, -0.25) is 4.79 Å². The number of amides is 1. The van der Waals surface area contributed by atoms with Crippen molar-refractivity contribution in [3.8, 4) is 11.5 Å². The molecule has 0 bridgehead atoms. The number of likely N-dealkylation sites (tertiary alicyclic amines) is 1. The Morgan fingerprint density at radius 2 is 1.70 bits per heavy atom. The van der Waals surface area contributed by atoms with Gasteiger partial charge in [0.1, 0.15) is 24.2 Å². The van der Waals surface area contributed by atoms with Crippen LogP contribution in [-0.4, -0.2) is 47.2 Å². The molecule has 1 saturated heterocycles. The molecule has 3 aromatic rings. The van der Waals surface area contributed by atoms with Crippen molar-refractivity contribution in [1.29, 1.82) is 0 Å². The Kier molecular flexibility index (Phi) is 6.82. The van der Waals surface area contributed by atoms with E-state index < -0.39 is 5.97 Å². The number of ether oxygens (including phenoxy) is 2. The summed E-state index contributed by atoms with van der Waals surface area (Å²) >= 11 is 0. The average molecular weight is 448 g/mol. The Morgan fingerprint density at radius 3 is 2.39 bits per heavy atom. The first-order valence-corrected chi connectivity index (χ1v) is 11.3. The fourth-order valence-corrected chi connectivity index (χ4v) is 4.21. The lowest BCUT2D eigenvalue weighted by molar-refractivity contribution is -0.133. The van der Waals surface area contributed by atoms with Crippen LogP contribution in [-0.2, 0) is 4.79 Å². The lowest BCUT2D eigenvalue weighted by Crippen LogP contribution is -2.39. The van der Waals surface area contributed by atoms with Crippen LogP contribution in [0.15, 0.2) is 66.7 Å². The van der Waals surface area contributed by atoms with Gasteiger partial charge < -0.3 is 19.5 Å². The fraction of sp³-hybridized carbons (Fsp3) is 0.333. The van der Waals surface area contributed by atoms with Crippen LogP contribution in [0, 0.1) is 5.92 Å². The van der Waals surface area contributed by atoms with Crippen LogP contribution in [0.1, 0.15) is 37.0 Å². The second-order valence-corrected chi connectivity index (χ2v) is 8.92. The van der Waals surface area contributed by atoms with Crippen molar-refractivity contribution >= 4 is 22.6 Å². The molecule has 1 aliphatic heterocycles. The third-order valence-electron chi connectivity index (χ3n) is 5.85. The highest BCUT2D eigenvalue weighted by atomic mass is 16.5. The van der Waals surface area contributed by atoms with Crippen molar-refractivity contribution in [2.75, 3.05) is 13.2 Å². The van der Waals surface area contributed by atoms with Crippen molar-refractivity contribution < 1.29 is 24.2 Å². The summed E-state index contributed by atoms with van der Waals surface area (Å²) in [7, 11) is 0. The molecule has 0 spiro atoms. The second-order valence-electron chi connectivity index (χ2n) is 8.92. The molecule has 0 saturated carbocycles. The lowest BCUT2D eigenvalue weighted by Gasteiger charge is -2.25. The van der Waals surface area contributed by atoms with Crippen molar-refractivity contribution in [3.63, 3.8) is 0 Å². The smallest absolute Gasteiger partial charge is 0.335 e. The Labute approximate surface area is 193 Å². The molecule has 172 valence electrons. The molecule has 2 atom stereocenters. The van der Waals surface area contributed by atoms with Gasteiger partial charge in [-0.05, 0) is 53.1 Å². The number of hydrogen-bond donors (Lipinski definition) is 1. The van der Waals surface area contributed by atoms with Gasteiger partial charge in [-0.2, -0.15) is 0 Å². The van der Waals surface area contributed by atoms with E-state index in [9.17, 15) is 9.59 Å². The van der Waals surface area contributed by atoms with E-state index in [2.05, 4.69) is 12.1 Å². The Morgan fingerprint density at radius 1 is 1.00 bits per heavy atom. The molecule has 1 aliphatic rings. The number of rotatable bonds is 8. The number of carboxylic acid groups (broad SMARTS) is 1. The van der Waals surface area contributed by atoms with Gasteiger partial charge in [0, 0.05) is 12.8 Å². The summed E-state index contributed by atoms with van der Waals surface area (Å²) in [6.45, 7) is 4.91. The van der Waals surface area contributed by atoms with E-state index in [1.165, 1.54) is 12.1 Å². The highest BCUT2D eigenvalue weighted by Gasteiger charge is 2.37. The molecule has 0 unspecified atom stereocenters. The molecule has 4 rings (SSSR count). The van der Waals surface area contributed by atoms with Gasteiger partial charge in [-0.25, -0.2) is 4.79 Å². The summed E-state index contributed by atoms with van der Waals surface area (Å²) in [4.78, 5) is 25.8. The number of fused-ring (bicyclic) bond motifs is 1. The van der Waals surface area contributed by atoms with Gasteiger partial charge >= 0.3 is 5.97 Å². The number of carbonyl (C=O) groups excluding carboxylic acids is 1. The molecular weight excluding hydrogens is 418 g/mol. The summed E-state index contributed by atoms with van der Waals surface area (Å²) in [5, 5.41) is 11.3. The molecule has 0 aliphatic carbocycles. The van der Waals surface area contributed by atoms with Gasteiger partial charge in [-0.1, -0.05) is 44.2 Å². The topological polar surface area (TPSA) is 76.1 Å². The van der Waals surface area contributed by atoms with Crippen LogP contribution < -0.4 is 9.47 Å². The van der Waals surface area contributed by atoms with Crippen LogP contribution in [0.5, 0.6) is 11.5 Å². The number of benzene rings is 3. The summed E-state index contributed by atoms with van der Waals surface area (Å²) in [5.74, 6) is 0.764. The normalized spacial score (nSPS) is 18.0. The first-order valence-electron chi connectivity index (χ1n) is 11.3. The zero-order chi connectivity index (χ0) is 23.4. The molecule has 1 fully saturated rings. The minimum atomic E-state index is -0.975. The Balaban J connectivity index is 1.44. The number of hydrogen-bond acceptors (Lipinski definition) is 4. The van der Waals surface area contributed by atoms with Crippen molar-refractivity contribution in [2.45, 2.75) is 38.8 Å². The number of carbonyl (C=O) groups is 2. The third kappa shape index (κ3) is 5.64. The van der Waals surface area contributed by atoms with Crippen LogP contribution in [0.4, 0.5) is 0 Å². The first-order chi connectivity index (χ1) is 15.9. The van der Waals surface area contributed by atoms with E-state index in [0.717, 1.165) is 16.5 Å². The Hall–Kier alpha value is -3.54. The highest BCUT2D eigenvalue weighted by Crippen LogP contribution is 2.27. The van der Waals surface area contributed by atoms with Crippen LogP contribution >= 0.6 is 0 Å². The number of nitrogens with zero attached hydrogens (tertiary/aromatic N) is 1. The van der Waals surface area contributed by atoms with E-state index in [1.807, 2.05) is 49.1 Å². The molecule has 0 aromatic heterocycles. The molecule has 1 amide bonds. The van der Waals surface area contributed by atoms with Crippen molar-refractivity contribution in [1.82, 2.24) is 4.90 Å². The predicted octanol–water partition coefficient (Wildman–Crippen LogP) is 5.01. The molecule has 1 heterocycles. The van der Waals surface area contributed by atoms with Gasteiger partial charge in [0.05, 0.1) is 18.2 Å².